The zero-order chi connectivity index (χ0) is 31.7. The van der Waals surface area contributed by atoms with Gasteiger partial charge in [-0.15, -0.1) is 29.7 Å². The Morgan fingerprint density at radius 3 is 2.25 bits per heavy atom. The fourth-order valence-corrected chi connectivity index (χ4v) is 6.50. The Morgan fingerprint density at radius 2 is 1.42 bits per heavy atom. The van der Waals surface area contributed by atoms with Gasteiger partial charge in [-0.25, -0.2) is 9.97 Å². The van der Waals surface area contributed by atoms with Crippen LogP contribution in [0.1, 0.15) is 26.3 Å². The predicted octanol–water partition coefficient (Wildman–Crippen LogP) is 9.88. The number of imidazole rings is 1. The number of hydrogen-bond donors (Lipinski definition) is 0. The third-order valence-electron chi connectivity index (χ3n) is 8.84. The quantitative estimate of drug-likeness (QED) is 0.104. The number of rotatable bonds is 4. The summed E-state index contributed by atoms with van der Waals surface area (Å²) in [7, 11) is 0. The third-order valence-corrected chi connectivity index (χ3v) is 8.84. The molecule has 0 saturated carbocycles. The van der Waals surface area contributed by atoms with Crippen molar-refractivity contribution >= 4 is 49.3 Å². The predicted molar refractivity (Wildman–Crippen MR) is 188 cm³/mol. The molecule has 6 nitrogen and oxygen atoms in total. The number of ether oxygens (including phenoxy) is 1. The third kappa shape index (κ3) is 4.86. The van der Waals surface area contributed by atoms with Gasteiger partial charge in [0, 0.05) is 41.2 Å². The Bertz CT molecular complexity index is 2650. The minimum absolute atomic E-state index is 0. The second-order valence-electron chi connectivity index (χ2n) is 12.9. The molecule has 0 spiro atoms. The molecular weight excluding hydrogens is 685 g/mol. The number of nitrogens with zero attached hydrogens (tertiary/aromatic N) is 5. The summed E-state index contributed by atoms with van der Waals surface area (Å²) >= 11 is 0. The van der Waals surface area contributed by atoms with Gasteiger partial charge in [0.25, 0.3) is 0 Å². The van der Waals surface area contributed by atoms with Crippen LogP contribution in [0, 0.1) is 12.1 Å². The zero-order valence-electron chi connectivity index (χ0n) is 26.5. The van der Waals surface area contributed by atoms with E-state index < -0.39 is 0 Å². The molecule has 9 rings (SSSR count). The van der Waals surface area contributed by atoms with Crippen LogP contribution >= 0.6 is 0 Å². The average molecular weight is 714 g/mol. The molecular formula is C41H29N5OPd. The van der Waals surface area contributed by atoms with Gasteiger partial charge in [-0.2, -0.15) is 6.07 Å². The number of pyridine rings is 3. The molecule has 9 aromatic rings. The van der Waals surface area contributed by atoms with E-state index in [0.717, 1.165) is 66.3 Å². The molecule has 0 bridgehead atoms. The monoisotopic (exact) mass is 713 g/mol. The van der Waals surface area contributed by atoms with Crippen molar-refractivity contribution in [3.8, 4) is 28.6 Å². The molecule has 5 aromatic heterocycles. The van der Waals surface area contributed by atoms with Crippen LogP contribution in [0.5, 0.6) is 11.5 Å². The van der Waals surface area contributed by atoms with Crippen molar-refractivity contribution in [2.45, 2.75) is 26.2 Å². The van der Waals surface area contributed by atoms with E-state index in [-0.39, 0.29) is 25.8 Å². The fraction of sp³-hybridized carbons (Fsp3) is 0.0976. The van der Waals surface area contributed by atoms with Crippen LogP contribution in [0.4, 0.5) is 0 Å². The summed E-state index contributed by atoms with van der Waals surface area (Å²) in [6.07, 6.45) is 5.75. The normalized spacial score (nSPS) is 11.9. The molecule has 4 aromatic carbocycles. The van der Waals surface area contributed by atoms with Gasteiger partial charge in [-0.3, -0.25) is 4.98 Å². The number of hydrogen-bond acceptors (Lipinski definition) is 4. The Morgan fingerprint density at radius 1 is 0.667 bits per heavy atom. The van der Waals surface area contributed by atoms with Crippen molar-refractivity contribution in [2.75, 3.05) is 0 Å². The van der Waals surface area contributed by atoms with Crippen molar-refractivity contribution in [3.63, 3.8) is 0 Å². The Labute approximate surface area is 291 Å². The van der Waals surface area contributed by atoms with Crippen LogP contribution in [0.3, 0.4) is 0 Å². The topological polar surface area (TPSA) is 57.2 Å². The van der Waals surface area contributed by atoms with Crippen LogP contribution in [-0.4, -0.2) is 23.9 Å². The minimum Gasteiger partial charge on any atom is -0.503 e. The molecule has 0 amide bonds. The standard InChI is InChI=1S/C41H29N5O.Pd/c1-41(2,3)27-19-21-42-38(22-27)46-36-14-8-7-12-31(36)32-18-16-29(24-37(32)46)47-28-15-17-30-33-13-9-20-43-39(33)45-25-35(26-10-5-4-6-11-26)44-40(45)34(30)23-28;/h4-22,25H,1-3H3;/q-2;+2. The molecule has 0 fully saturated rings. The number of benzene rings is 4. The van der Waals surface area contributed by atoms with Gasteiger partial charge in [0.2, 0.25) is 0 Å². The molecule has 0 saturated heterocycles. The van der Waals surface area contributed by atoms with E-state index in [0.29, 0.717) is 11.5 Å². The number of para-hydroxylation sites is 1. The van der Waals surface area contributed by atoms with E-state index in [1.165, 1.54) is 5.56 Å². The molecule has 0 aliphatic rings. The summed E-state index contributed by atoms with van der Waals surface area (Å²) in [6.45, 7) is 6.65. The van der Waals surface area contributed by atoms with E-state index in [1.54, 1.807) is 0 Å². The van der Waals surface area contributed by atoms with Crippen LogP contribution in [-0.2, 0) is 25.8 Å². The van der Waals surface area contributed by atoms with Gasteiger partial charge in [0.1, 0.15) is 11.5 Å². The van der Waals surface area contributed by atoms with Gasteiger partial charge in [0.15, 0.2) is 0 Å². The first kappa shape index (κ1) is 30.0. The largest absolute Gasteiger partial charge is 2.00 e. The molecule has 0 radical (unpaired) electrons. The van der Waals surface area contributed by atoms with E-state index in [1.807, 2.05) is 55.0 Å². The Balaban J connectivity index is 0.00000336. The summed E-state index contributed by atoms with van der Waals surface area (Å²) in [6, 6.07) is 42.1. The van der Waals surface area contributed by atoms with Crippen molar-refractivity contribution in [2.24, 2.45) is 0 Å². The summed E-state index contributed by atoms with van der Waals surface area (Å²) < 4.78 is 10.7. The summed E-state index contributed by atoms with van der Waals surface area (Å²) in [5, 5.41) is 5.13. The summed E-state index contributed by atoms with van der Waals surface area (Å²) in [5.74, 6) is 2.03. The smallest absolute Gasteiger partial charge is 0.503 e. The molecule has 0 N–H and O–H groups in total. The second-order valence-corrected chi connectivity index (χ2v) is 12.9. The molecule has 5 heterocycles. The fourth-order valence-electron chi connectivity index (χ4n) is 6.50. The summed E-state index contributed by atoms with van der Waals surface area (Å²) in [5.41, 5.74) is 6.73. The number of fused-ring (bicyclic) bond motifs is 9. The average Bonchev–Trinajstić information content (AvgIpc) is 3.69. The molecule has 48 heavy (non-hydrogen) atoms. The Kier molecular flexibility index (Phi) is 7.14. The molecule has 0 aliphatic heterocycles. The first-order chi connectivity index (χ1) is 22.9. The van der Waals surface area contributed by atoms with Crippen LogP contribution in [0.25, 0.3) is 66.3 Å². The van der Waals surface area contributed by atoms with Crippen molar-refractivity contribution < 1.29 is 25.2 Å². The van der Waals surface area contributed by atoms with E-state index in [2.05, 4.69) is 109 Å². The van der Waals surface area contributed by atoms with Gasteiger partial charge < -0.3 is 13.7 Å². The molecule has 234 valence electrons. The van der Waals surface area contributed by atoms with Crippen molar-refractivity contribution in [1.82, 2.24) is 23.9 Å². The second kappa shape index (κ2) is 11.4. The maximum Gasteiger partial charge on any atom is 2.00 e. The molecule has 0 aliphatic carbocycles. The Hall–Kier alpha value is -5.35. The van der Waals surface area contributed by atoms with E-state index >= 15 is 0 Å². The van der Waals surface area contributed by atoms with Gasteiger partial charge in [-0.1, -0.05) is 97.7 Å². The van der Waals surface area contributed by atoms with Gasteiger partial charge in [0.05, 0.1) is 11.3 Å². The van der Waals surface area contributed by atoms with Crippen LogP contribution < -0.4 is 4.74 Å². The molecule has 0 atom stereocenters. The van der Waals surface area contributed by atoms with Crippen molar-refractivity contribution in [1.29, 1.82) is 0 Å². The SMILES string of the molecule is CC(C)(C)c1ccnc(-n2c3[c-]c(Oc4[c-]c5c(cc4)c4cccnc4n4cc(-c6ccccc6)nc54)ccc3c3ccccc32)c1.[Pd+2]. The molecule has 0 unspecified atom stereocenters. The molecule has 7 heteroatoms. The van der Waals surface area contributed by atoms with E-state index in [9.17, 15) is 0 Å². The van der Waals surface area contributed by atoms with Gasteiger partial charge >= 0.3 is 20.4 Å². The number of aromatic nitrogens is 5. The maximum absolute atomic E-state index is 6.51. The first-order valence-electron chi connectivity index (χ1n) is 15.7. The van der Waals surface area contributed by atoms with Crippen molar-refractivity contribution in [3.05, 3.63) is 139 Å². The first-order valence-corrected chi connectivity index (χ1v) is 15.7. The van der Waals surface area contributed by atoms with Crippen LogP contribution in [0.15, 0.2) is 122 Å². The zero-order valence-corrected chi connectivity index (χ0v) is 28.1. The minimum atomic E-state index is -0.0100. The van der Waals surface area contributed by atoms with Crippen LogP contribution in [0.2, 0.25) is 0 Å². The van der Waals surface area contributed by atoms with Gasteiger partial charge in [-0.05, 0) is 46.0 Å². The van der Waals surface area contributed by atoms with E-state index in [4.69, 9.17) is 19.7 Å². The maximum atomic E-state index is 6.51. The summed E-state index contributed by atoms with van der Waals surface area (Å²) in [4.78, 5) is 14.6.